The van der Waals surface area contributed by atoms with Crippen molar-refractivity contribution in [3.8, 4) is 0 Å². The molecular formula is C10H12INO4S. The summed E-state index contributed by atoms with van der Waals surface area (Å²) < 4.78 is 25.7. The van der Waals surface area contributed by atoms with E-state index >= 15 is 0 Å². The third kappa shape index (κ3) is 2.65. The first-order valence-electron chi connectivity index (χ1n) is 5.20. The van der Waals surface area contributed by atoms with Gasteiger partial charge in [0.1, 0.15) is 5.69 Å². The van der Waals surface area contributed by atoms with Crippen molar-refractivity contribution in [2.45, 2.75) is 24.6 Å². The molecule has 1 aliphatic rings. The lowest BCUT2D eigenvalue weighted by Crippen LogP contribution is -2.23. The van der Waals surface area contributed by atoms with Crippen LogP contribution < -0.4 is 0 Å². The molecule has 2 rings (SSSR count). The number of aromatic nitrogens is 1. The van der Waals surface area contributed by atoms with Crippen LogP contribution in [-0.2, 0) is 16.4 Å². The van der Waals surface area contributed by atoms with E-state index in [4.69, 9.17) is 5.11 Å². The van der Waals surface area contributed by atoms with Crippen LogP contribution in [0.3, 0.4) is 0 Å². The zero-order valence-corrected chi connectivity index (χ0v) is 11.9. The molecule has 0 spiro atoms. The molecular weight excluding hydrogens is 357 g/mol. The Morgan fingerprint density at radius 1 is 1.59 bits per heavy atom. The van der Waals surface area contributed by atoms with Gasteiger partial charge >= 0.3 is 5.97 Å². The van der Waals surface area contributed by atoms with Gasteiger partial charge in [-0.2, -0.15) is 0 Å². The largest absolute Gasteiger partial charge is 0.477 e. The highest BCUT2D eigenvalue weighted by Gasteiger charge is 2.32. The number of nitrogens with zero attached hydrogens (tertiary/aromatic N) is 1. The van der Waals surface area contributed by atoms with Crippen molar-refractivity contribution in [1.29, 1.82) is 0 Å². The maximum absolute atomic E-state index is 11.7. The number of carbonyl (C=O) groups is 1. The molecule has 2 heterocycles. The van der Waals surface area contributed by atoms with E-state index in [1.165, 1.54) is 4.57 Å². The molecule has 0 saturated carbocycles. The minimum absolute atomic E-state index is 0.150. The fraction of sp³-hybridized carbons (Fsp3) is 0.500. The van der Waals surface area contributed by atoms with E-state index in [-0.39, 0.29) is 18.0 Å². The molecule has 1 atom stereocenters. The van der Waals surface area contributed by atoms with Gasteiger partial charge in [0, 0.05) is 16.3 Å². The van der Waals surface area contributed by atoms with E-state index in [1.54, 1.807) is 12.3 Å². The Balaban J connectivity index is 2.27. The van der Waals surface area contributed by atoms with Crippen molar-refractivity contribution < 1.29 is 18.3 Å². The summed E-state index contributed by atoms with van der Waals surface area (Å²) in [5, 5.41) is 8.57. The third-order valence-corrected chi connectivity index (χ3v) is 5.79. The van der Waals surface area contributed by atoms with E-state index in [2.05, 4.69) is 0 Å². The van der Waals surface area contributed by atoms with E-state index in [0.29, 0.717) is 12.8 Å². The number of halogens is 1. The number of sulfone groups is 1. The molecule has 0 amide bonds. The molecule has 7 heteroatoms. The van der Waals surface area contributed by atoms with Crippen LogP contribution >= 0.6 is 22.6 Å². The SMILES string of the molecule is O=C(O)c1cc(I)cn1CC1CCCS1(=O)=O. The number of hydrogen-bond donors (Lipinski definition) is 1. The van der Waals surface area contributed by atoms with Crippen LogP contribution in [-0.4, -0.2) is 35.1 Å². The second kappa shape index (κ2) is 4.60. The van der Waals surface area contributed by atoms with E-state index in [9.17, 15) is 13.2 Å². The Morgan fingerprint density at radius 3 is 2.82 bits per heavy atom. The van der Waals surface area contributed by atoms with E-state index in [1.807, 2.05) is 22.6 Å². The zero-order chi connectivity index (χ0) is 12.6. The van der Waals surface area contributed by atoms with Gasteiger partial charge < -0.3 is 9.67 Å². The molecule has 5 nitrogen and oxygen atoms in total. The molecule has 1 aromatic heterocycles. The fourth-order valence-electron chi connectivity index (χ4n) is 2.09. The Hall–Kier alpha value is -0.570. The topological polar surface area (TPSA) is 76.4 Å². The Kier molecular flexibility index (Phi) is 3.48. The summed E-state index contributed by atoms with van der Waals surface area (Å²) in [5.74, 6) is -0.804. The molecule has 1 aromatic rings. The second-order valence-corrected chi connectivity index (χ2v) is 7.78. The predicted octanol–water partition coefficient (Wildman–Crippen LogP) is 1.37. The van der Waals surface area contributed by atoms with Gasteiger partial charge in [-0.3, -0.25) is 0 Å². The summed E-state index contributed by atoms with van der Waals surface area (Å²) in [5.41, 5.74) is 0.150. The lowest BCUT2D eigenvalue weighted by molar-refractivity contribution is 0.0685. The molecule has 17 heavy (non-hydrogen) atoms. The molecule has 1 unspecified atom stereocenters. The highest BCUT2D eigenvalue weighted by atomic mass is 127. The highest BCUT2D eigenvalue weighted by Crippen LogP contribution is 2.23. The standard InChI is InChI=1S/C10H12INO4S/c11-7-4-9(10(13)14)12(5-7)6-8-2-1-3-17(8,15)16/h4-5,8H,1-3,6H2,(H,13,14). The van der Waals surface area contributed by atoms with Gasteiger partial charge in [-0.05, 0) is 41.5 Å². The monoisotopic (exact) mass is 369 g/mol. The Labute approximate surface area is 113 Å². The first-order valence-corrected chi connectivity index (χ1v) is 8.00. The van der Waals surface area contributed by atoms with Crippen molar-refractivity contribution in [2.75, 3.05) is 5.75 Å². The predicted molar refractivity (Wildman–Crippen MR) is 70.9 cm³/mol. The van der Waals surface area contributed by atoms with Crippen LogP contribution in [0, 0.1) is 3.57 Å². The van der Waals surface area contributed by atoms with Gasteiger partial charge in [0.25, 0.3) is 0 Å². The van der Waals surface area contributed by atoms with Crippen LogP contribution in [0.5, 0.6) is 0 Å². The second-order valence-electron chi connectivity index (χ2n) is 4.13. The van der Waals surface area contributed by atoms with Crippen LogP contribution in [0.2, 0.25) is 0 Å². The molecule has 1 aliphatic heterocycles. The summed E-state index contributed by atoms with van der Waals surface area (Å²) >= 11 is 2.02. The van der Waals surface area contributed by atoms with Crippen molar-refractivity contribution >= 4 is 38.4 Å². The van der Waals surface area contributed by atoms with Crippen molar-refractivity contribution in [1.82, 2.24) is 4.57 Å². The van der Waals surface area contributed by atoms with Gasteiger partial charge in [-0.1, -0.05) is 0 Å². The summed E-state index contributed by atoms with van der Waals surface area (Å²) in [6, 6.07) is 1.55. The van der Waals surface area contributed by atoms with Gasteiger partial charge in [0.15, 0.2) is 9.84 Å². The lowest BCUT2D eigenvalue weighted by atomic mass is 10.2. The first-order chi connectivity index (χ1) is 7.90. The molecule has 1 N–H and O–H groups in total. The van der Waals surface area contributed by atoms with Crippen molar-refractivity contribution in [3.05, 3.63) is 21.5 Å². The van der Waals surface area contributed by atoms with E-state index in [0.717, 1.165) is 3.57 Å². The molecule has 94 valence electrons. The Bertz CT molecular complexity index is 549. The average molecular weight is 369 g/mol. The number of rotatable bonds is 3. The summed E-state index contributed by atoms with van der Waals surface area (Å²) in [7, 11) is -3.03. The third-order valence-electron chi connectivity index (χ3n) is 2.95. The van der Waals surface area contributed by atoms with Gasteiger partial charge in [-0.15, -0.1) is 0 Å². The molecule has 1 saturated heterocycles. The zero-order valence-electron chi connectivity index (χ0n) is 8.97. The van der Waals surface area contributed by atoms with Crippen molar-refractivity contribution in [2.24, 2.45) is 0 Å². The highest BCUT2D eigenvalue weighted by molar-refractivity contribution is 14.1. The van der Waals surface area contributed by atoms with Crippen LogP contribution in [0.25, 0.3) is 0 Å². The van der Waals surface area contributed by atoms with Crippen LogP contribution in [0.15, 0.2) is 12.3 Å². The minimum Gasteiger partial charge on any atom is -0.477 e. The smallest absolute Gasteiger partial charge is 0.352 e. The summed E-state index contributed by atoms with van der Waals surface area (Å²) in [6.07, 6.45) is 2.97. The van der Waals surface area contributed by atoms with Crippen LogP contribution in [0.4, 0.5) is 0 Å². The lowest BCUT2D eigenvalue weighted by Gasteiger charge is -2.11. The summed E-state index contributed by atoms with van der Waals surface area (Å²) in [6.45, 7) is 0.243. The van der Waals surface area contributed by atoms with Crippen LogP contribution in [0.1, 0.15) is 23.3 Å². The molecule has 0 aliphatic carbocycles. The molecule has 0 aromatic carbocycles. The normalized spacial score (nSPS) is 22.8. The van der Waals surface area contributed by atoms with E-state index < -0.39 is 21.1 Å². The van der Waals surface area contributed by atoms with Gasteiger partial charge in [-0.25, -0.2) is 13.2 Å². The van der Waals surface area contributed by atoms with Crippen molar-refractivity contribution in [3.63, 3.8) is 0 Å². The Morgan fingerprint density at radius 2 is 2.29 bits per heavy atom. The number of aromatic carboxylic acids is 1. The number of carboxylic acid groups (broad SMARTS) is 1. The maximum Gasteiger partial charge on any atom is 0.352 e. The summed E-state index contributed by atoms with van der Waals surface area (Å²) in [4.78, 5) is 11.0. The number of carboxylic acids is 1. The maximum atomic E-state index is 11.7. The molecule has 0 bridgehead atoms. The fourth-order valence-corrected chi connectivity index (χ4v) is 4.53. The molecule has 0 radical (unpaired) electrons. The quantitative estimate of drug-likeness (QED) is 0.817. The van der Waals surface area contributed by atoms with Gasteiger partial charge in [0.2, 0.25) is 0 Å². The first kappa shape index (κ1) is 12.9. The molecule has 1 fully saturated rings. The minimum atomic E-state index is -3.03. The van der Waals surface area contributed by atoms with Gasteiger partial charge in [0.05, 0.1) is 11.0 Å². The number of hydrogen-bond acceptors (Lipinski definition) is 3. The average Bonchev–Trinajstić information content (AvgIpc) is 2.72.